The summed E-state index contributed by atoms with van der Waals surface area (Å²) in [6.07, 6.45) is 6.34. The minimum absolute atomic E-state index is 0.0583. The van der Waals surface area contributed by atoms with Crippen LogP contribution in [0.2, 0.25) is 0 Å². The second-order valence-electron chi connectivity index (χ2n) is 5.58. The van der Waals surface area contributed by atoms with Crippen molar-refractivity contribution in [3.8, 4) is 0 Å². The third-order valence-electron chi connectivity index (χ3n) is 3.83. The van der Waals surface area contributed by atoms with Gasteiger partial charge in [0.25, 0.3) is 0 Å². The van der Waals surface area contributed by atoms with E-state index in [1.165, 1.54) is 12.8 Å². The highest BCUT2D eigenvalue weighted by atomic mass is 16.5. The molecule has 108 valence electrons. The lowest BCUT2D eigenvalue weighted by Crippen LogP contribution is -2.39. The summed E-state index contributed by atoms with van der Waals surface area (Å²) >= 11 is 0. The third-order valence-corrected chi connectivity index (χ3v) is 3.83. The Morgan fingerprint density at radius 3 is 2.67 bits per heavy atom. The lowest BCUT2D eigenvalue weighted by atomic mass is 9.87. The van der Waals surface area contributed by atoms with Gasteiger partial charge in [0.1, 0.15) is 0 Å². The maximum absolute atomic E-state index is 9.73. The van der Waals surface area contributed by atoms with E-state index in [9.17, 15) is 10.2 Å². The highest BCUT2D eigenvalue weighted by molar-refractivity contribution is 4.86. The van der Waals surface area contributed by atoms with Crippen molar-refractivity contribution in [3.05, 3.63) is 0 Å². The molecule has 1 rings (SSSR count). The Morgan fingerprint density at radius 1 is 1.33 bits per heavy atom. The van der Waals surface area contributed by atoms with E-state index in [1.807, 2.05) is 0 Å². The molecule has 1 fully saturated rings. The molecule has 0 heterocycles. The van der Waals surface area contributed by atoms with Crippen LogP contribution < -0.4 is 5.32 Å². The molecular formula is C14H29NO3. The van der Waals surface area contributed by atoms with Crippen molar-refractivity contribution in [2.45, 2.75) is 51.6 Å². The first kappa shape index (κ1) is 15.9. The first-order valence-electron chi connectivity index (χ1n) is 7.30. The lowest BCUT2D eigenvalue weighted by Gasteiger charge is -2.27. The fraction of sp³-hybridized carbons (Fsp3) is 1.00. The van der Waals surface area contributed by atoms with Gasteiger partial charge in [-0.3, -0.25) is 0 Å². The zero-order chi connectivity index (χ0) is 13.3. The molecule has 0 spiro atoms. The van der Waals surface area contributed by atoms with Gasteiger partial charge in [-0.05, 0) is 19.3 Å². The maximum atomic E-state index is 9.73. The van der Waals surface area contributed by atoms with E-state index in [-0.39, 0.29) is 12.0 Å². The molecule has 18 heavy (non-hydrogen) atoms. The zero-order valence-electron chi connectivity index (χ0n) is 11.7. The van der Waals surface area contributed by atoms with Crippen molar-refractivity contribution in [2.24, 2.45) is 5.41 Å². The average molecular weight is 259 g/mol. The van der Waals surface area contributed by atoms with E-state index in [0.29, 0.717) is 13.2 Å². The molecule has 4 nitrogen and oxygen atoms in total. The summed E-state index contributed by atoms with van der Waals surface area (Å²) in [5.74, 6) is 0. The largest absolute Gasteiger partial charge is 0.396 e. The molecule has 0 radical (unpaired) electrons. The Hall–Kier alpha value is -0.160. The number of nitrogens with one attached hydrogen (secondary N) is 1. The van der Waals surface area contributed by atoms with Crippen molar-refractivity contribution in [3.63, 3.8) is 0 Å². The van der Waals surface area contributed by atoms with Gasteiger partial charge in [-0.25, -0.2) is 0 Å². The molecule has 0 amide bonds. The van der Waals surface area contributed by atoms with Crippen LogP contribution in [0.25, 0.3) is 0 Å². The van der Waals surface area contributed by atoms with Crippen LogP contribution in [0.4, 0.5) is 0 Å². The number of aliphatic hydroxyl groups is 2. The van der Waals surface area contributed by atoms with Crippen LogP contribution in [-0.2, 0) is 4.74 Å². The van der Waals surface area contributed by atoms with Crippen LogP contribution in [0.3, 0.4) is 0 Å². The van der Waals surface area contributed by atoms with E-state index >= 15 is 0 Å². The van der Waals surface area contributed by atoms with Crippen LogP contribution in [0.1, 0.15) is 45.4 Å². The van der Waals surface area contributed by atoms with Gasteiger partial charge in [0, 0.05) is 31.7 Å². The van der Waals surface area contributed by atoms with Crippen LogP contribution in [0.15, 0.2) is 0 Å². The molecule has 0 aliphatic heterocycles. The summed E-state index contributed by atoms with van der Waals surface area (Å²) in [4.78, 5) is 0. The van der Waals surface area contributed by atoms with Crippen LogP contribution in [0.5, 0.6) is 0 Å². The van der Waals surface area contributed by atoms with Gasteiger partial charge in [0.15, 0.2) is 0 Å². The third kappa shape index (κ3) is 5.65. The van der Waals surface area contributed by atoms with Crippen molar-refractivity contribution >= 4 is 0 Å². The number of ether oxygens (including phenoxy) is 1. The zero-order valence-corrected chi connectivity index (χ0v) is 11.7. The van der Waals surface area contributed by atoms with Crippen LogP contribution in [0, 0.1) is 5.41 Å². The standard InChI is InChI=1S/C14H29NO3/c1-2-3-8-18-10-13(17)9-15-11-14(12-16)6-4-5-7-14/h13,15-17H,2-12H2,1H3. The topological polar surface area (TPSA) is 61.7 Å². The molecule has 0 bridgehead atoms. The molecule has 1 unspecified atom stereocenters. The first-order valence-corrected chi connectivity index (χ1v) is 7.30. The highest BCUT2D eigenvalue weighted by Gasteiger charge is 2.32. The van der Waals surface area contributed by atoms with Crippen molar-refractivity contribution in [2.75, 3.05) is 32.9 Å². The molecule has 3 N–H and O–H groups in total. The predicted octanol–water partition coefficient (Wildman–Crippen LogP) is 1.31. The van der Waals surface area contributed by atoms with Gasteiger partial charge in [0.05, 0.1) is 12.7 Å². The number of aliphatic hydroxyl groups excluding tert-OH is 2. The van der Waals surface area contributed by atoms with Gasteiger partial charge >= 0.3 is 0 Å². The molecule has 0 aromatic carbocycles. The summed E-state index contributed by atoms with van der Waals surface area (Å²) in [5.41, 5.74) is 0.0583. The highest BCUT2D eigenvalue weighted by Crippen LogP contribution is 2.36. The molecule has 0 aromatic rings. The van der Waals surface area contributed by atoms with Crippen molar-refractivity contribution in [1.29, 1.82) is 0 Å². The molecule has 1 saturated carbocycles. The Kier molecular flexibility index (Phi) is 7.82. The molecule has 0 aromatic heterocycles. The second-order valence-corrected chi connectivity index (χ2v) is 5.58. The molecular weight excluding hydrogens is 230 g/mol. The van der Waals surface area contributed by atoms with E-state index in [2.05, 4.69) is 12.2 Å². The van der Waals surface area contributed by atoms with Crippen LogP contribution in [-0.4, -0.2) is 49.2 Å². The van der Waals surface area contributed by atoms with Gasteiger partial charge < -0.3 is 20.3 Å². The van der Waals surface area contributed by atoms with Gasteiger partial charge in [-0.1, -0.05) is 26.2 Å². The van der Waals surface area contributed by atoms with Gasteiger partial charge in [-0.2, -0.15) is 0 Å². The van der Waals surface area contributed by atoms with E-state index < -0.39 is 6.10 Å². The predicted molar refractivity (Wildman–Crippen MR) is 72.6 cm³/mol. The average Bonchev–Trinajstić information content (AvgIpc) is 2.84. The quantitative estimate of drug-likeness (QED) is 0.518. The Morgan fingerprint density at radius 2 is 2.06 bits per heavy atom. The monoisotopic (exact) mass is 259 g/mol. The van der Waals surface area contributed by atoms with Gasteiger partial charge in [0.2, 0.25) is 0 Å². The number of unbranched alkanes of at least 4 members (excludes halogenated alkanes) is 1. The van der Waals surface area contributed by atoms with Crippen molar-refractivity contribution in [1.82, 2.24) is 5.32 Å². The fourth-order valence-electron chi connectivity index (χ4n) is 2.54. The minimum Gasteiger partial charge on any atom is -0.396 e. The Bertz CT molecular complexity index is 205. The smallest absolute Gasteiger partial charge is 0.0897 e. The normalized spacial score (nSPS) is 20.2. The summed E-state index contributed by atoms with van der Waals surface area (Å²) in [7, 11) is 0. The lowest BCUT2D eigenvalue weighted by molar-refractivity contribution is 0.0329. The summed E-state index contributed by atoms with van der Waals surface area (Å²) in [6, 6.07) is 0. The van der Waals surface area contributed by atoms with E-state index in [4.69, 9.17) is 4.74 Å². The molecule has 1 atom stereocenters. The number of rotatable bonds is 10. The van der Waals surface area contributed by atoms with Crippen LogP contribution >= 0.6 is 0 Å². The second kappa shape index (κ2) is 8.86. The molecule has 4 heteroatoms. The van der Waals surface area contributed by atoms with E-state index in [1.54, 1.807) is 0 Å². The molecule has 0 saturated heterocycles. The Balaban J connectivity index is 2.05. The summed E-state index contributed by atoms with van der Waals surface area (Å²) in [5, 5.41) is 22.5. The first-order chi connectivity index (χ1) is 8.72. The molecule has 1 aliphatic rings. The molecule has 1 aliphatic carbocycles. The summed E-state index contributed by atoms with van der Waals surface area (Å²) in [6.45, 7) is 4.86. The number of hydrogen-bond acceptors (Lipinski definition) is 4. The summed E-state index contributed by atoms with van der Waals surface area (Å²) < 4.78 is 5.37. The van der Waals surface area contributed by atoms with Crippen molar-refractivity contribution < 1.29 is 14.9 Å². The minimum atomic E-state index is -0.445. The fourth-order valence-corrected chi connectivity index (χ4v) is 2.54. The van der Waals surface area contributed by atoms with Gasteiger partial charge in [-0.15, -0.1) is 0 Å². The van der Waals surface area contributed by atoms with E-state index in [0.717, 1.165) is 38.8 Å². The maximum Gasteiger partial charge on any atom is 0.0897 e. The Labute approximate surface area is 111 Å². The SMILES string of the molecule is CCCCOCC(O)CNCC1(CO)CCCC1. The number of hydrogen-bond donors (Lipinski definition) is 3.